The van der Waals surface area contributed by atoms with E-state index in [0.717, 1.165) is 11.6 Å². The summed E-state index contributed by atoms with van der Waals surface area (Å²) < 4.78 is 36.9. The smallest absolute Gasteiger partial charge is 0.206 e. The normalized spacial score (nSPS) is 9.64. The van der Waals surface area contributed by atoms with Gasteiger partial charge in [0.15, 0.2) is 0 Å². The summed E-state index contributed by atoms with van der Waals surface area (Å²) in [5, 5.41) is 0. The van der Waals surface area contributed by atoms with Crippen LogP contribution in [-0.4, -0.2) is 0 Å². The molecule has 14 heavy (non-hydrogen) atoms. The fourth-order valence-corrected chi connectivity index (χ4v) is 0.980. The van der Waals surface area contributed by atoms with Crippen LogP contribution < -0.4 is 0 Å². The minimum absolute atomic E-state index is 0.505. The van der Waals surface area contributed by atoms with Crippen molar-refractivity contribution < 1.29 is 13.2 Å². The first-order valence-electron chi connectivity index (χ1n) is 4.71. The lowest BCUT2D eigenvalue weighted by molar-refractivity contribution is 0.146. The van der Waals surface area contributed by atoms with Crippen molar-refractivity contribution in [1.82, 2.24) is 0 Å². The molecule has 0 amide bonds. The van der Waals surface area contributed by atoms with Gasteiger partial charge in [0.25, 0.3) is 6.43 Å². The van der Waals surface area contributed by atoms with E-state index in [1.807, 2.05) is 20.8 Å². The molecule has 0 fully saturated rings. The van der Waals surface area contributed by atoms with Crippen LogP contribution in [-0.2, 0) is 6.42 Å². The lowest BCUT2D eigenvalue weighted by Crippen LogP contribution is -1.92. The van der Waals surface area contributed by atoms with Gasteiger partial charge in [-0.05, 0) is 24.1 Å². The zero-order chi connectivity index (χ0) is 11.1. The van der Waals surface area contributed by atoms with Crippen LogP contribution >= 0.6 is 0 Å². The molecule has 0 aliphatic heterocycles. The molecule has 1 aromatic rings. The predicted octanol–water partition coefficient (Wildman–Crippen LogP) is 4.35. The Bertz CT molecular complexity index is 269. The SMILES string of the molecule is CC.CCc1ccc(F)c(C(F)F)c1. The lowest BCUT2D eigenvalue weighted by atomic mass is 10.1. The Morgan fingerprint density at radius 2 is 1.79 bits per heavy atom. The Hall–Kier alpha value is -0.990. The number of hydrogen-bond acceptors (Lipinski definition) is 0. The van der Waals surface area contributed by atoms with E-state index in [1.165, 1.54) is 12.1 Å². The minimum atomic E-state index is -2.73. The maximum atomic E-state index is 12.7. The van der Waals surface area contributed by atoms with Crippen LogP contribution in [0.3, 0.4) is 0 Å². The minimum Gasteiger partial charge on any atom is -0.206 e. The number of alkyl halides is 2. The van der Waals surface area contributed by atoms with E-state index in [0.29, 0.717) is 6.42 Å². The topological polar surface area (TPSA) is 0 Å². The molecular formula is C11H15F3. The first-order chi connectivity index (χ1) is 6.65. The molecule has 0 aliphatic carbocycles. The van der Waals surface area contributed by atoms with Gasteiger partial charge in [-0.2, -0.15) is 0 Å². The zero-order valence-electron chi connectivity index (χ0n) is 8.65. The van der Waals surface area contributed by atoms with E-state index in [4.69, 9.17) is 0 Å². The molecule has 3 heteroatoms. The van der Waals surface area contributed by atoms with E-state index in [9.17, 15) is 13.2 Å². The van der Waals surface area contributed by atoms with Crippen molar-refractivity contribution in [3.63, 3.8) is 0 Å². The van der Waals surface area contributed by atoms with Crippen LogP contribution in [0.4, 0.5) is 13.2 Å². The van der Waals surface area contributed by atoms with Crippen molar-refractivity contribution in [1.29, 1.82) is 0 Å². The van der Waals surface area contributed by atoms with Crippen molar-refractivity contribution in [2.45, 2.75) is 33.6 Å². The Kier molecular flexibility index (Phi) is 6.00. The van der Waals surface area contributed by atoms with Crippen LogP contribution in [0, 0.1) is 5.82 Å². The average Bonchev–Trinajstić information content (AvgIpc) is 2.21. The third-order valence-corrected chi connectivity index (χ3v) is 1.70. The van der Waals surface area contributed by atoms with E-state index in [1.54, 1.807) is 0 Å². The summed E-state index contributed by atoms with van der Waals surface area (Å²) in [6, 6.07) is 3.81. The summed E-state index contributed by atoms with van der Waals surface area (Å²) in [5.74, 6) is -0.831. The van der Waals surface area contributed by atoms with E-state index >= 15 is 0 Å². The summed E-state index contributed by atoms with van der Waals surface area (Å²) in [6.07, 6.45) is -2.09. The van der Waals surface area contributed by atoms with Crippen LogP contribution in [0.15, 0.2) is 18.2 Å². The number of hydrogen-bond donors (Lipinski definition) is 0. The maximum absolute atomic E-state index is 12.7. The Morgan fingerprint density at radius 1 is 1.21 bits per heavy atom. The molecule has 1 rings (SSSR count). The summed E-state index contributed by atoms with van der Waals surface area (Å²) in [5.41, 5.74) is 0.223. The molecular weight excluding hydrogens is 189 g/mol. The van der Waals surface area contributed by atoms with Gasteiger partial charge in [0.1, 0.15) is 5.82 Å². The fraction of sp³-hybridized carbons (Fsp3) is 0.455. The van der Waals surface area contributed by atoms with Crippen LogP contribution in [0.2, 0.25) is 0 Å². The van der Waals surface area contributed by atoms with Gasteiger partial charge in [-0.15, -0.1) is 0 Å². The Morgan fingerprint density at radius 3 is 2.21 bits per heavy atom. The molecule has 0 bridgehead atoms. The van der Waals surface area contributed by atoms with Crippen LogP contribution in [0.5, 0.6) is 0 Å². The molecule has 0 atom stereocenters. The molecule has 0 nitrogen and oxygen atoms in total. The van der Waals surface area contributed by atoms with Gasteiger partial charge < -0.3 is 0 Å². The molecule has 0 unspecified atom stereocenters. The predicted molar refractivity (Wildman–Crippen MR) is 52.1 cm³/mol. The Labute approximate surface area is 82.8 Å². The molecule has 0 saturated heterocycles. The zero-order valence-corrected chi connectivity index (χ0v) is 8.65. The molecule has 1 aromatic carbocycles. The molecule has 0 spiro atoms. The van der Waals surface area contributed by atoms with Crippen molar-refractivity contribution in [3.8, 4) is 0 Å². The first-order valence-corrected chi connectivity index (χ1v) is 4.71. The molecule has 0 aliphatic rings. The Balaban J connectivity index is 0.000000791. The summed E-state index contributed by atoms with van der Waals surface area (Å²) in [7, 11) is 0. The average molecular weight is 204 g/mol. The standard InChI is InChI=1S/C9H9F3.C2H6/c1-2-6-3-4-8(10)7(5-6)9(11)12;1-2/h3-5,9H,2H2,1H3;1-2H3. The molecule has 0 heterocycles. The number of rotatable bonds is 2. The van der Waals surface area contributed by atoms with Crippen molar-refractivity contribution in [2.24, 2.45) is 0 Å². The van der Waals surface area contributed by atoms with Crippen molar-refractivity contribution in [2.75, 3.05) is 0 Å². The molecule has 0 saturated carbocycles. The van der Waals surface area contributed by atoms with Gasteiger partial charge in [-0.25, -0.2) is 13.2 Å². The largest absolute Gasteiger partial charge is 0.266 e. The molecule has 0 aromatic heterocycles. The number of halogens is 3. The maximum Gasteiger partial charge on any atom is 0.266 e. The molecule has 0 radical (unpaired) electrons. The van der Waals surface area contributed by atoms with Crippen LogP contribution in [0.25, 0.3) is 0 Å². The highest BCUT2D eigenvalue weighted by Gasteiger charge is 2.12. The molecule has 0 N–H and O–H groups in total. The van der Waals surface area contributed by atoms with Crippen LogP contribution in [0.1, 0.15) is 38.3 Å². The summed E-state index contributed by atoms with van der Waals surface area (Å²) in [4.78, 5) is 0. The third kappa shape index (κ3) is 3.40. The number of benzene rings is 1. The van der Waals surface area contributed by atoms with Gasteiger partial charge in [0.05, 0.1) is 5.56 Å². The fourth-order valence-electron chi connectivity index (χ4n) is 0.980. The highest BCUT2D eigenvalue weighted by molar-refractivity contribution is 5.25. The summed E-state index contributed by atoms with van der Waals surface area (Å²) in [6.45, 7) is 5.84. The van der Waals surface area contributed by atoms with Crippen molar-refractivity contribution >= 4 is 0 Å². The van der Waals surface area contributed by atoms with Gasteiger partial charge in [0, 0.05) is 0 Å². The molecule has 80 valence electrons. The number of aryl methyl sites for hydroxylation is 1. The quantitative estimate of drug-likeness (QED) is 0.671. The van der Waals surface area contributed by atoms with Gasteiger partial charge in [0.2, 0.25) is 0 Å². The van der Waals surface area contributed by atoms with E-state index < -0.39 is 17.8 Å². The summed E-state index contributed by atoms with van der Waals surface area (Å²) >= 11 is 0. The second kappa shape index (κ2) is 6.46. The first kappa shape index (κ1) is 13.0. The van der Waals surface area contributed by atoms with Crippen molar-refractivity contribution in [3.05, 3.63) is 35.1 Å². The second-order valence-corrected chi connectivity index (χ2v) is 2.51. The van der Waals surface area contributed by atoms with Gasteiger partial charge in [-0.1, -0.05) is 26.8 Å². The lowest BCUT2D eigenvalue weighted by Gasteiger charge is -2.03. The highest BCUT2D eigenvalue weighted by atomic mass is 19.3. The van der Waals surface area contributed by atoms with Gasteiger partial charge in [-0.3, -0.25) is 0 Å². The highest BCUT2D eigenvalue weighted by Crippen LogP contribution is 2.22. The van der Waals surface area contributed by atoms with E-state index in [2.05, 4.69) is 0 Å². The third-order valence-electron chi connectivity index (χ3n) is 1.70. The van der Waals surface area contributed by atoms with E-state index in [-0.39, 0.29) is 0 Å². The monoisotopic (exact) mass is 204 g/mol. The van der Waals surface area contributed by atoms with Gasteiger partial charge >= 0.3 is 0 Å². The second-order valence-electron chi connectivity index (χ2n) is 2.51.